The van der Waals surface area contributed by atoms with Gasteiger partial charge in [0.1, 0.15) is 6.04 Å². The normalized spacial score (nSPS) is 37.2. The van der Waals surface area contributed by atoms with Crippen molar-refractivity contribution in [3.05, 3.63) is 0 Å². The fraction of sp³-hybridized carbons (Fsp3) is 0.889. The van der Waals surface area contributed by atoms with Crippen LogP contribution >= 0.6 is 12.4 Å². The Bertz CT molecular complexity index is 200. The lowest BCUT2D eigenvalue weighted by atomic mass is 9.95. The number of halogens is 1. The Hall–Kier alpha value is -0.280. The smallest absolute Gasteiger partial charge is 0.322 e. The monoisotopic (exact) mass is 205 g/mol. The Morgan fingerprint density at radius 2 is 1.92 bits per heavy atom. The van der Waals surface area contributed by atoms with E-state index in [4.69, 9.17) is 5.73 Å². The van der Waals surface area contributed by atoms with Gasteiger partial charge in [-0.15, -0.1) is 12.4 Å². The number of carbonyl (C=O) groups excluding carboxylic acids is 1. The van der Waals surface area contributed by atoms with Crippen LogP contribution in [0.4, 0.5) is 0 Å². The third kappa shape index (κ3) is 1.97. The lowest BCUT2D eigenvalue weighted by Gasteiger charge is -2.17. The lowest BCUT2D eigenvalue weighted by molar-refractivity contribution is -0.143. The van der Waals surface area contributed by atoms with Crippen LogP contribution in [0.15, 0.2) is 0 Å². The minimum atomic E-state index is -0.372. The number of carbonyl (C=O) groups is 1. The van der Waals surface area contributed by atoms with Gasteiger partial charge in [-0.1, -0.05) is 0 Å². The maximum atomic E-state index is 11.1. The number of esters is 1. The van der Waals surface area contributed by atoms with Crippen LogP contribution in [-0.2, 0) is 9.53 Å². The molecular weight excluding hydrogens is 190 g/mol. The summed E-state index contributed by atoms with van der Waals surface area (Å²) >= 11 is 0. The van der Waals surface area contributed by atoms with Crippen LogP contribution in [0, 0.1) is 17.8 Å². The van der Waals surface area contributed by atoms with Gasteiger partial charge in [0, 0.05) is 0 Å². The molecule has 2 aliphatic rings. The van der Waals surface area contributed by atoms with E-state index in [2.05, 4.69) is 4.74 Å². The van der Waals surface area contributed by atoms with Crippen molar-refractivity contribution in [1.82, 2.24) is 0 Å². The van der Waals surface area contributed by atoms with E-state index in [-0.39, 0.29) is 24.4 Å². The maximum Gasteiger partial charge on any atom is 0.322 e. The molecule has 0 heterocycles. The van der Waals surface area contributed by atoms with Gasteiger partial charge in [0.15, 0.2) is 0 Å². The molecule has 3 unspecified atom stereocenters. The molecule has 0 aromatic carbocycles. The van der Waals surface area contributed by atoms with Crippen LogP contribution in [0.5, 0.6) is 0 Å². The average molecular weight is 206 g/mol. The van der Waals surface area contributed by atoms with Crippen LogP contribution in [-0.4, -0.2) is 19.1 Å². The number of ether oxygens (including phenoxy) is 1. The number of nitrogens with two attached hydrogens (primary N) is 1. The second-order valence-corrected chi connectivity index (χ2v) is 4.04. The van der Waals surface area contributed by atoms with Crippen molar-refractivity contribution in [3.63, 3.8) is 0 Å². The van der Waals surface area contributed by atoms with Gasteiger partial charge in [-0.05, 0) is 37.0 Å². The first-order valence-corrected chi connectivity index (χ1v) is 4.55. The summed E-state index contributed by atoms with van der Waals surface area (Å²) in [6.45, 7) is 0. The predicted molar refractivity (Wildman–Crippen MR) is 51.6 cm³/mol. The quantitative estimate of drug-likeness (QED) is 0.684. The molecule has 13 heavy (non-hydrogen) atoms. The third-order valence-corrected chi connectivity index (χ3v) is 3.26. The summed E-state index contributed by atoms with van der Waals surface area (Å²) < 4.78 is 4.61. The molecule has 2 aliphatic carbocycles. The van der Waals surface area contributed by atoms with Crippen LogP contribution in [0.3, 0.4) is 0 Å². The molecular formula is C9H16ClNO2. The third-order valence-electron chi connectivity index (χ3n) is 3.26. The molecule has 0 aromatic heterocycles. The average Bonchev–Trinajstić information content (AvgIpc) is 2.71. The topological polar surface area (TPSA) is 52.3 Å². The van der Waals surface area contributed by atoms with Crippen molar-refractivity contribution in [3.8, 4) is 0 Å². The van der Waals surface area contributed by atoms with E-state index in [9.17, 15) is 4.79 Å². The number of methoxy groups -OCH3 is 1. The Balaban J connectivity index is 0.000000845. The number of hydrogen-bond donors (Lipinski definition) is 1. The first kappa shape index (κ1) is 10.8. The second-order valence-electron chi connectivity index (χ2n) is 4.04. The van der Waals surface area contributed by atoms with Crippen molar-refractivity contribution in [1.29, 1.82) is 0 Å². The molecule has 0 spiro atoms. The van der Waals surface area contributed by atoms with Crippen LogP contribution in [0.2, 0.25) is 0 Å². The number of hydrogen-bond acceptors (Lipinski definition) is 3. The van der Waals surface area contributed by atoms with E-state index < -0.39 is 0 Å². The minimum absolute atomic E-state index is 0. The lowest BCUT2D eigenvalue weighted by Crippen LogP contribution is -2.38. The van der Waals surface area contributed by atoms with Gasteiger partial charge in [0.25, 0.3) is 0 Å². The zero-order valence-corrected chi connectivity index (χ0v) is 8.55. The van der Waals surface area contributed by atoms with Crippen molar-refractivity contribution < 1.29 is 9.53 Å². The fourth-order valence-corrected chi connectivity index (χ4v) is 2.38. The summed E-state index contributed by atoms with van der Waals surface area (Å²) in [5, 5.41) is 0. The molecule has 0 aromatic rings. The summed E-state index contributed by atoms with van der Waals surface area (Å²) in [6, 6.07) is -0.372. The first-order valence-electron chi connectivity index (χ1n) is 4.55. The molecule has 0 radical (unpaired) electrons. The van der Waals surface area contributed by atoms with Gasteiger partial charge < -0.3 is 10.5 Å². The van der Waals surface area contributed by atoms with Gasteiger partial charge in [0.2, 0.25) is 0 Å². The summed E-state index contributed by atoms with van der Waals surface area (Å²) in [5.74, 6) is 1.90. The summed E-state index contributed by atoms with van der Waals surface area (Å²) in [7, 11) is 1.40. The van der Waals surface area contributed by atoms with E-state index in [0.29, 0.717) is 5.92 Å². The fourth-order valence-electron chi connectivity index (χ4n) is 2.38. The van der Waals surface area contributed by atoms with Crippen LogP contribution < -0.4 is 5.73 Å². The molecule has 2 rings (SSSR count). The molecule has 0 bridgehead atoms. The molecule has 2 N–H and O–H groups in total. The van der Waals surface area contributed by atoms with E-state index in [1.165, 1.54) is 13.5 Å². The molecule has 3 nitrogen and oxygen atoms in total. The van der Waals surface area contributed by atoms with Crippen molar-refractivity contribution in [2.24, 2.45) is 23.5 Å². The van der Waals surface area contributed by atoms with Crippen molar-refractivity contribution >= 4 is 18.4 Å². The van der Waals surface area contributed by atoms with E-state index in [1.807, 2.05) is 0 Å². The second kappa shape index (κ2) is 3.84. The Kier molecular flexibility index (Phi) is 3.19. The minimum Gasteiger partial charge on any atom is -0.468 e. The highest BCUT2D eigenvalue weighted by molar-refractivity contribution is 5.85. The Morgan fingerprint density at radius 1 is 1.38 bits per heavy atom. The zero-order valence-electron chi connectivity index (χ0n) is 7.73. The van der Waals surface area contributed by atoms with Gasteiger partial charge in [-0.2, -0.15) is 0 Å². The van der Waals surface area contributed by atoms with E-state index >= 15 is 0 Å². The summed E-state index contributed by atoms with van der Waals surface area (Å²) in [6.07, 6.45) is 3.65. The largest absolute Gasteiger partial charge is 0.468 e. The van der Waals surface area contributed by atoms with Gasteiger partial charge >= 0.3 is 5.97 Å². The van der Waals surface area contributed by atoms with E-state index in [1.54, 1.807) is 0 Å². The highest BCUT2D eigenvalue weighted by Gasteiger charge is 2.48. The van der Waals surface area contributed by atoms with Gasteiger partial charge in [-0.25, -0.2) is 0 Å². The van der Waals surface area contributed by atoms with Crippen molar-refractivity contribution in [2.75, 3.05) is 7.11 Å². The summed E-state index contributed by atoms with van der Waals surface area (Å²) in [5.41, 5.74) is 5.74. The highest BCUT2D eigenvalue weighted by Crippen LogP contribution is 2.54. The number of fused-ring (bicyclic) bond motifs is 1. The molecule has 0 saturated heterocycles. The standard InChI is InChI=1S/C9H15NO2.ClH/c1-12-9(11)8(10)7-3-5-2-6(5)4-7;/h5-8H,2-4,10H2,1H3;1H. The molecule has 3 atom stereocenters. The van der Waals surface area contributed by atoms with Gasteiger partial charge in [0.05, 0.1) is 7.11 Å². The van der Waals surface area contributed by atoms with E-state index in [0.717, 1.165) is 24.7 Å². The van der Waals surface area contributed by atoms with Crippen LogP contribution in [0.25, 0.3) is 0 Å². The molecule has 4 heteroatoms. The summed E-state index contributed by atoms with van der Waals surface area (Å²) in [4.78, 5) is 11.1. The molecule has 2 fully saturated rings. The van der Waals surface area contributed by atoms with Crippen LogP contribution in [0.1, 0.15) is 19.3 Å². The number of rotatable bonds is 2. The van der Waals surface area contributed by atoms with Crippen molar-refractivity contribution in [2.45, 2.75) is 25.3 Å². The molecule has 0 aliphatic heterocycles. The highest BCUT2D eigenvalue weighted by atomic mass is 35.5. The van der Waals surface area contributed by atoms with Gasteiger partial charge in [-0.3, -0.25) is 4.79 Å². The SMILES string of the molecule is COC(=O)C(N)C1CC2CC2C1.Cl. The molecule has 76 valence electrons. The maximum absolute atomic E-state index is 11.1. The predicted octanol–water partition coefficient (Wildman–Crippen LogP) is 0.955. The molecule has 0 amide bonds. The Labute approximate surface area is 84.4 Å². The first-order chi connectivity index (χ1) is 5.72. The zero-order chi connectivity index (χ0) is 8.72. The molecule has 2 saturated carbocycles. The Morgan fingerprint density at radius 3 is 2.38 bits per heavy atom.